The molecule has 9 nitrogen and oxygen atoms in total. The maximum atomic E-state index is 9.01. The Balaban J connectivity index is -0.0000000667. The Hall–Kier alpha value is -2.18. The van der Waals surface area contributed by atoms with Crippen LogP contribution in [0.15, 0.2) is 0 Å². The van der Waals surface area contributed by atoms with Crippen LogP contribution < -0.4 is 11.5 Å². The molecule has 0 amide bonds. The summed E-state index contributed by atoms with van der Waals surface area (Å²) in [5, 5.41) is 29.5. The molecule has 7 N–H and O–H groups in total. The van der Waals surface area contributed by atoms with Gasteiger partial charge in [-0.05, 0) is 0 Å². The maximum Gasteiger partial charge on any atom is 0.408 e. The zero-order valence-corrected chi connectivity index (χ0v) is 9.58. The topological polar surface area (TPSA) is 188 Å². The predicted octanol–water partition coefficient (Wildman–Crippen LogP) is -1.32. The van der Waals surface area contributed by atoms with Gasteiger partial charge in [0.1, 0.15) is 0 Å². The van der Waals surface area contributed by atoms with E-state index in [1.165, 1.54) is 0 Å². The van der Waals surface area contributed by atoms with Gasteiger partial charge in [0.05, 0.1) is 0 Å². The lowest BCUT2D eigenvalue weighted by molar-refractivity contribution is -0.135. The highest BCUT2D eigenvalue weighted by molar-refractivity contribution is 5.83. The lowest BCUT2D eigenvalue weighted by Gasteiger charge is -1.72. The third kappa shape index (κ3) is 2870. The smallest absolute Gasteiger partial charge is 0.408 e. The number of hydrogen-bond acceptors (Lipinski definition) is 6. The van der Waals surface area contributed by atoms with E-state index < -0.39 is 17.9 Å². The van der Waals surface area contributed by atoms with Crippen LogP contribution in [0.5, 0.6) is 0 Å². The van der Waals surface area contributed by atoms with Gasteiger partial charge in [-0.3, -0.25) is 9.59 Å². The minimum absolute atomic E-state index is 0.597. The maximum absolute atomic E-state index is 9.01. The van der Waals surface area contributed by atoms with E-state index in [2.05, 4.69) is 0 Å². The fraction of sp³-hybridized carbons (Fsp3) is 0.500. The van der Waals surface area contributed by atoms with Crippen LogP contribution in [0.2, 0.25) is 0 Å². The highest BCUT2D eigenvalue weighted by Gasteiger charge is 1.79. The van der Waals surface area contributed by atoms with E-state index in [1.54, 1.807) is 0 Å². The molecule has 0 fully saturated rings. The second-order valence-corrected chi connectivity index (χ2v) is 2.03. The van der Waals surface area contributed by atoms with Crippen LogP contribution in [0.4, 0.5) is 0 Å². The zero-order chi connectivity index (χ0) is 14.9. The fourth-order valence-electron chi connectivity index (χ4n) is 0. The molecule has 0 rings (SSSR count). The van der Waals surface area contributed by atoms with Gasteiger partial charge in [0.25, 0.3) is 11.9 Å². The summed E-state index contributed by atoms with van der Waals surface area (Å²) in [6.45, 7) is 3.36. The minimum atomic E-state index is -1.44. The van der Waals surface area contributed by atoms with Crippen LogP contribution in [0, 0.1) is 11.3 Å². The van der Waals surface area contributed by atoms with E-state index >= 15 is 0 Å². The van der Waals surface area contributed by atoms with Gasteiger partial charge in [0.2, 0.25) is 0 Å². The molecule has 9 heteroatoms. The summed E-state index contributed by atoms with van der Waals surface area (Å²) < 4.78 is 0. The Kier molecular flexibility index (Phi) is 33.5. The zero-order valence-electron chi connectivity index (χ0n) is 9.58. The molecule has 0 bridgehead atoms. The Morgan fingerprint density at radius 2 is 1.12 bits per heavy atom. The SMILES string of the molecule is CC(=O)O.CC(=O)O.N#CC(=O)O.NCCN. The van der Waals surface area contributed by atoms with Crippen molar-refractivity contribution >= 4 is 17.9 Å². The lowest BCUT2D eigenvalue weighted by atomic mass is 10.7. The van der Waals surface area contributed by atoms with Crippen molar-refractivity contribution in [1.29, 1.82) is 5.26 Å². The molecule has 0 aliphatic heterocycles. The Morgan fingerprint density at radius 1 is 1.00 bits per heavy atom. The Labute approximate surface area is 98.3 Å². The first-order chi connectivity index (χ1) is 7.65. The fourth-order valence-corrected chi connectivity index (χ4v) is 0. The molecule has 0 radical (unpaired) electrons. The number of carboxylic acid groups (broad SMARTS) is 3. The van der Waals surface area contributed by atoms with E-state index in [0.29, 0.717) is 13.1 Å². The highest BCUT2D eigenvalue weighted by atomic mass is 16.4. The number of hydrogen-bond donors (Lipinski definition) is 5. The molecule has 17 heavy (non-hydrogen) atoms. The average Bonchev–Trinajstić information content (AvgIpc) is 2.16. The molecule has 0 saturated heterocycles. The van der Waals surface area contributed by atoms with E-state index in [1.807, 2.05) is 0 Å². The van der Waals surface area contributed by atoms with Crippen molar-refractivity contribution in [2.75, 3.05) is 13.1 Å². The number of rotatable bonds is 1. The van der Waals surface area contributed by atoms with E-state index in [-0.39, 0.29) is 0 Å². The first-order valence-corrected chi connectivity index (χ1v) is 4.07. The Morgan fingerprint density at radius 3 is 1.12 bits per heavy atom. The molecule has 0 saturated carbocycles. The van der Waals surface area contributed by atoms with E-state index in [0.717, 1.165) is 19.9 Å². The number of nitrogens with two attached hydrogens (primary N) is 2. The monoisotopic (exact) mass is 251 g/mol. The highest BCUT2D eigenvalue weighted by Crippen LogP contribution is 1.44. The van der Waals surface area contributed by atoms with Crippen LogP contribution in [0.25, 0.3) is 0 Å². The molecule has 0 aliphatic carbocycles. The van der Waals surface area contributed by atoms with Crippen molar-refractivity contribution in [2.24, 2.45) is 11.5 Å². The van der Waals surface area contributed by atoms with Crippen molar-refractivity contribution in [3.63, 3.8) is 0 Å². The summed E-state index contributed by atoms with van der Waals surface area (Å²) in [7, 11) is 0. The predicted molar refractivity (Wildman–Crippen MR) is 58.0 cm³/mol. The molecule has 0 heterocycles. The summed E-state index contributed by atoms with van der Waals surface area (Å²) in [6, 6.07) is 0.944. The van der Waals surface area contributed by atoms with Crippen molar-refractivity contribution < 1.29 is 29.7 Å². The number of carbonyl (C=O) groups is 3. The largest absolute Gasteiger partial charge is 0.481 e. The molecule has 0 unspecified atom stereocenters. The van der Waals surface area contributed by atoms with Gasteiger partial charge in [0.15, 0.2) is 6.07 Å². The molecule has 0 aromatic carbocycles. The van der Waals surface area contributed by atoms with Gasteiger partial charge in [0, 0.05) is 26.9 Å². The van der Waals surface area contributed by atoms with Gasteiger partial charge in [-0.25, -0.2) is 4.79 Å². The third-order valence-electron chi connectivity index (χ3n) is 0.262. The van der Waals surface area contributed by atoms with Gasteiger partial charge >= 0.3 is 5.97 Å². The molecular weight excluding hydrogens is 234 g/mol. The third-order valence-corrected chi connectivity index (χ3v) is 0.262. The minimum Gasteiger partial charge on any atom is -0.481 e. The Bertz CT molecular complexity index is 226. The molecule has 0 spiro atoms. The molecular formula is C8H17N3O6. The number of nitriles is 1. The second-order valence-electron chi connectivity index (χ2n) is 2.03. The first-order valence-electron chi connectivity index (χ1n) is 4.07. The molecule has 100 valence electrons. The van der Waals surface area contributed by atoms with Crippen LogP contribution in [0.3, 0.4) is 0 Å². The molecule has 0 aromatic rings. The number of nitrogens with zero attached hydrogens (tertiary/aromatic N) is 1. The normalized spacial score (nSPS) is 6.29. The summed E-state index contributed by atoms with van der Waals surface area (Å²) in [5.74, 6) is -3.11. The summed E-state index contributed by atoms with van der Waals surface area (Å²) in [5.41, 5.74) is 9.81. The van der Waals surface area contributed by atoms with Gasteiger partial charge < -0.3 is 26.8 Å². The lowest BCUT2D eigenvalue weighted by Crippen LogP contribution is -2.11. The molecule has 0 atom stereocenters. The van der Waals surface area contributed by atoms with E-state index in [9.17, 15) is 0 Å². The summed E-state index contributed by atoms with van der Waals surface area (Å²) in [6.07, 6.45) is 0. The molecule has 0 aromatic heterocycles. The first kappa shape index (κ1) is 24.2. The average molecular weight is 251 g/mol. The van der Waals surface area contributed by atoms with Crippen molar-refractivity contribution in [3.05, 3.63) is 0 Å². The second kappa shape index (κ2) is 23.6. The van der Waals surface area contributed by atoms with E-state index in [4.69, 9.17) is 46.4 Å². The van der Waals surface area contributed by atoms with Crippen molar-refractivity contribution in [2.45, 2.75) is 13.8 Å². The van der Waals surface area contributed by atoms with Gasteiger partial charge in [-0.1, -0.05) is 0 Å². The van der Waals surface area contributed by atoms with Crippen molar-refractivity contribution in [3.8, 4) is 6.07 Å². The quantitative estimate of drug-likeness (QED) is 0.278. The summed E-state index contributed by atoms with van der Waals surface area (Å²) >= 11 is 0. The molecule has 0 aliphatic rings. The van der Waals surface area contributed by atoms with Gasteiger partial charge in [-0.2, -0.15) is 5.26 Å². The standard InChI is InChI=1S/C2H8N2.C2HNO2.2C2H4O2/c3-1-2-4;3-1-2(4)5;2*1-2(3)4/h1-4H2;(H,4,5);2*1H3,(H,3,4). The van der Waals surface area contributed by atoms with Crippen molar-refractivity contribution in [1.82, 2.24) is 0 Å². The summed E-state index contributed by atoms with van der Waals surface area (Å²) in [4.78, 5) is 27.0. The van der Waals surface area contributed by atoms with Crippen LogP contribution >= 0.6 is 0 Å². The number of carboxylic acids is 3. The van der Waals surface area contributed by atoms with Crippen LogP contribution in [-0.2, 0) is 14.4 Å². The van der Waals surface area contributed by atoms with Crippen LogP contribution in [0.1, 0.15) is 13.8 Å². The number of aliphatic carboxylic acids is 3. The van der Waals surface area contributed by atoms with Gasteiger partial charge in [-0.15, -0.1) is 0 Å². The van der Waals surface area contributed by atoms with Crippen LogP contribution in [-0.4, -0.2) is 46.3 Å².